The van der Waals surface area contributed by atoms with E-state index in [0.717, 1.165) is 16.9 Å². The molecule has 0 atom stereocenters. The number of rotatable bonds is 8. The Bertz CT molecular complexity index is 1000. The lowest BCUT2D eigenvalue weighted by atomic mass is 10.1. The number of hydrogen-bond donors (Lipinski definition) is 1. The number of hydrogen-bond acceptors (Lipinski definition) is 6. The molecular formula is C21H24FN5O2S. The summed E-state index contributed by atoms with van der Waals surface area (Å²) < 4.78 is 20.2. The highest BCUT2D eigenvalue weighted by Gasteiger charge is 2.17. The molecule has 0 unspecified atom stereocenters. The van der Waals surface area contributed by atoms with Crippen molar-refractivity contribution in [2.24, 2.45) is 0 Å². The summed E-state index contributed by atoms with van der Waals surface area (Å²) in [5, 5.41) is 8.53. The van der Waals surface area contributed by atoms with Crippen LogP contribution in [0.15, 0.2) is 47.6 Å². The van der Waals surface area contributed by atoms with Crippen LogP contribution in [-0.4, -0.2) is 33.1 Å². The number of nitrogens with two attached hydrogens (primary N) is 1. The first-order valence-electron chi connectivity index (χ1n) is 9.46. The van der Waals surface area contributed by atoms with Gasteiger partial charge in [0.25, 0.3) is 0 Å². The lowest BCUT2D eigenvalue weighted by Gasteiger charge is -2.20. The van der Waals surface area contributed by atoms with E-state index in [1.54, 1.807) is 17.0 Å². The molecule has 9 heteroatoms. The molecule has 1 amide bonds. The van der Waals surface area contributed by atoms with Crippen LogP contribution in [0, 0.1) is 19.7 Å². The minimum atomic E-state index is -0.344. The Kier molecular flexibility index (Phi) is 6.94. The quantitative estimate of drug-likeness (QED) is 0.436. The van der Waals surface area contributed by atoms with E-state index in [4.69, 9.17) is 10.6 Å². The van der Waals surface area contributed by atoms with E-state index < -0.39 is 0 Å². The number of nitrogen functional groups attached to an aromatic ring is 1. The molecule has 2 N–H and O–H groups in total. The first-order chi connectivity index (χ1) is 14.4. The van der Waals surface area contributed by atoms with Crippen LogP contribution in [0.25, 0.3) is 0 Å². The summed E-state index contributed by atoms with van der Waals surface area (Å²) in [5.74, 6) is 6.91. The van der Waals surface area contributed by atoms with E-state index in [-0.39, 0.29) is 24.1 Å². The Labute approximate surface area is 179 Å². The van der Waals surface area contributed by atoms with Gasteiger partial charge in [-0.05, 0) is 68.3 Å². The van der Waals surface area contributed by atoms with Gasteiger partial charge in [0.2, 0.25) is 11.1 Å². The van der Waals surface area contributed by atoms with Gasteiger partial charge in [-0.3, -0.25) is 4.79 Å². The van der Waals surface area contributed by atoms with Gasteiger partial charge in [0.05, 0.1) is 5.75 Å². The van der Waals surface area contributed by atoms with Crippen molar-refractivity contribution in [1.82, 2.24) is 14.9 Å². The Morgan fingerprint density at radius 3 is 2.47 bits per heavy atom. The molecule has 0 spiro atoms. The van der Waals surface area contributed by atoms with Crippen LogP contribution < -0.4 is 15.5 Å². The molecule has 1 heterocycles. The zero-order valence-corrected chi connectivity index (χ0v) is 17.9. The fraction of sp³-hybridized carbons (Fsp3) is 0.286. The van der Waals surface area contributed by atoms with E-state index in [2.05, 4.69) is 16.3 Å². The van der Waals surface area contributed by atoms with Gasteiger partial charge in [0.15, 0.2) is 5.82 Å². The van der Waals surface area contributed by atoms with Gasteiger partial charge in [0, 0.05) is 12.2 Å². The summed E-state index contributed by atoms with van der Waals surface area (Å²) in [5.41, 5.74) is 2.85. The number of thioether (sulfide) groups is 1. The number of benzene rings is 2. The van der Waals surface area contributed by atoms with E-state index in [0.29, 0.717) is 23.2 Å². The third-order valence-electron chi connectivity index (χ3n) is 4.38. The lowest BCUT2D eigenvalue weighted by molar-refractivity contribution is -0.116. The molecule has 2 aromatic carbocycles. The summed E-state index contributed by atoms with van der Waals surface area (Å²) in [7, 11) is 0. The highest BCUT2D eigenvalue weighted by atomic mass is 32.2. The Morgan fingerprint density at radius 2 is 1.83 bits per heavy atom. The van der Waals surface area contributed by atoms with Crippen LogP contribution >= 0.6 is 11.8 Å². The largest absolute Gasteiger partial charge is 0.486 e. The summed E-state index contributed by atoms with van der Waals surface area (Å²) in [4.78, 5) is 14.2. The van der Waals surface area contributed by atoms with Gasteiger partial charge in [-0.1, -0.05) is 17.8 Å². The van der Waals surface area contributed by atoms with Gasteiger partial charge >= 0.3 is 0 Å². The Balaban J connectivity index is 1.60. The van der Waals surface area contributed by atoms with Crippen molar-refractivity contribution in [2.75, 3.05) is 23.0 Å². The third-order valence-corrected chi connectivity index (χ3v) is 5.31. The fourth-order valence-corrected chi connectivity index (χ4v) is 3.75. The normalized spacial score (nSPS) is 10.8. The number of aryl methyl sites for hydroxylation is 2. The predicted octanol–water partition coefficient (Wildman–Crippen LogP) is 3.47. The maximum absolute atomic E-state index is 13.1. The summed E-state index contributed by atoms with van der Waals surface area (Å²) >= 11 is 1.19. The van der Waals surface area contributed by atoms with Crippen LogP contribution in [0.4, 0.5) is 10.1 Å². The van der Waals surface area contributed by atoms with E-state index in [1.807, 2.05) is 32.9 Å². The smallest absolute Gasteiger partial charge is 0.237 e. The van der Waals surface area contributed by atoms with Gasteiger partial charge < -0.3 is 15.5 Å². The number of halogens is 1. The highest BCUT2D eigenvalue weighted by Crippen LogP contribution is 2.21. The molecule has 0 aliphatic heterocycles. The van der Waals surface area contributed by atoms with E-state index >= 15 is 0 Å². The topological polar surface area (TPSA) is 86.3 Å². The SMILES string of the molecule is CCN(C(=O)CSc1nnc(COc2cc(C)cc(C)c2)n1N)c1ccc(F)cc1. The van der Waals surface area contributed by atoms with Crippen molar-refractivity contribution < 1.29 is 13.9 Å². The van der Waals surface area contributed by atoms with Crippen LogP contribution in [0.5, 0.6) is 5.75 Å². The maximum Gasteiger partial charge on any atom is 0.237 e. The number of ether oxygens (including phenoxy) is 1. The molecular weight excluding hydrogens is 405 g/mol. The molecule has 0 saturated carbocycles. The van der Waals surface area contributed by atoms with E-state index in [9.17, 15) is 9.18 Å². The van der Waals surface area contributed by atoms with Crippen molar-refractivity contribution in [3.8, 4) is 5.75 Å². The second-order valence-electron chi connectivity index (χ2n) is 6.78. The Hall–Kier alpha value is -3.07. The Morgan fingerprint density at radius 1 is 1.17 bits per heavy atom. The fourth-order valence-electron chi connectivity index (χ4n) is 3.00. The number of nitrogens with zero attached hydrogens (tertiary/aromatic N) is 4. The number of anilines is 1. The molecule has 1 aromatic heterocycles. The first kappa shape index (κ1) is 21.6. The number of carbonyl (C=O) groups is 1. The molecule has 0 bridgehead atoms. The zero-order valence-electron chi connectivity index (χ0n) is 17.1. The number of amides is 1. The van der Waals surface area contributed by atoms with Gasteiger partial charge in [-0.15, -0.1) is 10.2 Å². The average Bonchev–Trinajstić information content (AvgIpc) is 3.05. The van der Waals surface area contributed by atoms with Crippen LogP contribution in [0.1, 0.15) is 23.9 Å². The summed E-state index contributed by atoms with van der Waals surface area (Å²) in [6.45, 7) is 6.50. The molecule has 3 rings (SSSR count). The standard InChI is InChI=1S/C21H24FN5O2S/c1-4-26(17-7-5-16(22)6-8-17)20(28)13-30-21-25-24-19(27(21)23)12-29-18-10-14(2)9-15(3)11-18/h5-11H,4,12-13,23H2,1-3H3. The van der Waals surface area contributed by atoms with E-state index in [1.165, 1.54) is 28.6 Å². The van der Waals surface area contributed by atoms with Crippen molar-refractivity contribution >= 4 is 23.4 Å². The third kappa shape index (κ3) is 5.29. The second kappa shape index (κ2) is 9.62. The average molecular weight is 430 g/mol. The second-order valence-corrected chi connectivity index (χ2v) is 7.73. The number of carbonyl (C=O) groups excluding carboxylic acids is 1. The highest BCUT2D eigenvalue weighted by molar-refractivity contribution is 7.99. The molecule has 0 radical (unpaired) electrons. The molecule has 0 aliphatic rings. The van der Waals surface area contributed by atoms with Gasteiger partial charge in [-0.2, -0.15) is 0 Å². The van der Waals surface area contributed by atoms with Crippen LogP contribution in [-0.2, 0) is 11.4 Å². The molecule has 0 aliphatic carbocycles. The van der Waals surface area contributed by atoms with Gasteiger partial charge in [-0.25, -0.2) is 9.07 Å². The van der Waals surface area contributed by atoms with Crippen LogP contribution in [0.2, 0.25) is 0 Å². The monoisotopic (exact) mass is 429 g/mol. The number of aromatic nitrogens is 3. The van der Waals surface area contributed by atoms with Crippen LogP contribution in [0.3, 0.4) is 0 Å². The summed E-state index contributed by atoms with van der Waals surface area (Å²) in [6, 6.07) is 11.8. The minimum Gasteiger partial charge on any atom is -0.486 e. The summed E-state index contributed by atoms with van der Waals surface area (Å²) in [6.07, 6.45) is 0. The molecule has 30 heavy (non-hydrogen) atoms. The van der Waals surface area contributed by atoms with Crippen molar-refractivity contribution in [3.63, 3.8) is 0 Å². The van der Waals surface area contributed by atoms with Crippen molar-refractivity contribution in [3.05, 3.63) is 65.2 Å². The maximum atomic E-state index is 13.1. The minimum absolute atomic E-state index is 0.123. The zero-order chi connectivity index (χ0) is 21.7. The lowest BCUT2D eigenvalue weighted by Crippen LogP contribution is -2.32. The van der Waals surface area contributed by atoms with Crippen molar-refractivity contribution in [2.45, 2.75) is 32.5 Å². The molecule has 0 saturated heterocycles. The molecule has 0 fully saturated rings. The van der Waals surface area contributed by atoms with Gasteiger partial charge in [0.1, 0.15) is 18.2 Å². The molecule has 3 aromatic rings. The first-order valence-corrected chi connectivity index (χ1v) is 10.4. The molecule has 158 valence electrons. The predicted molar refractivity (Wildman–Crippen MR) is 116 cm³/mol. The van der Waals surface area contributed by atoms with Crippen molar-refractivity contribution in [1.29, 1.82) is 0 Å². The molecule has 7 nitrogen and oxygen atoms in total.